The maximum absolute atomic E-state index is 11.6. The molecular formula is C17H23BN2O4. The second kappa shape index (κ2) is 5.60. The highest BCUT2D eigenvalue weighted by Crippen LogP contribution is 2.36. The third-order valence-electron chi connectivity index (χ3n) is 5.02. The molecule has 1 aromatic heterocycles. The number of hydrogen-bond donors (Lipinski definition) is 0. The van der Waals surface area contributed by atoms with Crippen molar-refractivity contribution in [1.82, 2.24) is 9.78 Å². The lowest BCUT2D eigenvalue weighted by atomic mass is 9.78. The number of hydrogen-bond acceptors (Lipinski definition) is 5. The number of aryl methyl sites for hydroxylation is 1. The zero-order chi connectivity index (χ0) is 17.7. The number of rotatable bonds is 3. The number of methoxy groups -OCH3 is 1. The van der Waals surface area contributed by atoms with Crippen molar-refractivity contribution >= 4 is 29.5 Å². The lowest BCUT2D eigenvalue weighted by Crippen LogP contribution is -2.41. The van der Waals surface area contributed by atoms with Crippen LogP contribution in [0, 0.1) is 0 Å². The molecular weight excluding hydrogens is 307 g/mol. The fourth-order valence-electron chi connectivity index (χ4n) is 2.82. The van der Waals surface area contributed by atoms with Crippen molar-refractivity contribution in [3.63, 3.8) is 0 Å². The molecule has 0 radical (unpaired) electrons. The van der Waals surface area contributed by atoms with Gasteiger partial charge in [0.05, 0.1) is 35.9 Å². The maximum Gasteiger partial charge on any atom is 0.494 e. The summed E-state index contributed by atoms with van der Waals surface area (Å²) in [6.07, 6.45) is 0.140. The van der Waals surface area contributed by atoms with Crippen molar-refractivity contribution < 1.29 is 18.8 Å². The summed E-state index contributed by atoms with van der Waals surface area (Å²) in [6.45, 7) is 8.10. The number of aromatic nitrogens is 2. The molecule has 0 atom stereocenters. The van der Waals surface area contributed by atoms with Gasteiger partial charge in [0.2, 0.25) is 0 Å². The Morgan fingerprint density at radius 1 is 1.25 bits per heavy atom. The zero-order valence-electron chi connectivity index (χ0n) is 15.0. The van der Waals surface area contributed by atoms with Crippen LogP contribution < -0.4 is 5.46 Å². The molecule has 6 nitrogen and oxygen atoms in total. The molecule has 7 heteroatoms. The number of carbonyl (C=O) groups excluding carboxylic acids is 1. The molecule has 0 spiro atoms. The van der Waals surface area contributed by atoms with Crippen LogP contribution in [-0.2, 0) is 32.3 Å². The molecule has 0 aliphatic carbocycles. The van der Waals surface area contributed by atoms with Crippen molar-refractivity contribution in [3.8, 4) is 0 Å². The van der Waals surface area contributed by atoms with Gasteiger partial charge in [-0.25, -0.2) is 0 Å². The third kappa shape index (κ3) is 2.72. The van der Waals surface area contributed by atoms with Crippen molar-refractivity contribution in [2.75, 3.05) is 7.11 Å². The minimum absolute atomic E-state index is 0.140. The summed E-state index contributed by atoms with van der Waals surface area (Å²) in [5, 5.41) is 5.35. The average Bonchev–Trinajstić information content (AvgIpc) is 2.92. The Balaban J connectivity index is 1.99. The molecule has 0 unspecified atom stereocenters. The number of benzene rings is 1. The van der Waals surface area contributed by atoms with Gasteiger partial charge in [0.15, 0.2) is 0 Å². The first-order chi connectivity index (χ1) is 11.1. The quantitative estimate of drug-likeness (QED) is 0.632. The smallest absolute Gasteiger partial charge is 0.469 e. The van der Waals surface area contributed by atoms with E-state index < -0.39 is 18.3 Å². The first kappa shape index (κ1) is 17.0. The number of nitrogens with zero attached hydrogens (tertiary/aromatic N) is 2. The molecule has 128 valence electrons. The molecule has 1 aromatic carbocycles. The van der Waals surface area contributed by atoms with Crippen molar-refractivity contribution in [3.05, 3.63) is 23.9 Å². The standard InChI is InChI=1S/C17H23BN2O4/c1-16(2)17(3,4)24-18(23-16)11-7-8-14-12(9-11)13(19-20(14)5)10-15(21)22-6/h7-9H,10H2,1-6H3. The summed E-state index contributed by atoms with van der Waals surface area (Å²) in [6, 6.07) is 5.94. The van der Waals surface area contributed by atoms with Crippen molar-refractivity contribution in [2.45, 2.75) is 45.3 Å². The summed E-state index contributed by atoms with van der Waals surface area (Å²) in [4.78, 5) is 11.6. The van der Waals surface area contributed by atoms with Gasteiger partial charge in [-0.3, -0.25) is 9.48 Å². The van der Waals surface area contributed by atoms with Gasteiger partial charge in [0, 0.05) is 12.4 Å². The number of esters is 1. The van der Waals surface area contributed by atoms with Crippen LogP contribution in [0.2, 0.25) is 0 Å². The van der Waals surface area contributed by atoms with Crippen LogP contribution in [0.4, 0.5) is 0 Å². The van der Waals surface area contributed by atoms with E-state index in [4.69, 9.17) is 14.0 Å². The summed E-state index contributed by atoms with van der Waals surface area (Å²) in [7, 11) is 2.80. The van der Waals surface area contributed by atoms with E-state index in [1.54, 1.807) is 4.68 Å². The Morgan fingerprint density at radius 2 is 1.88 bits per heavy atom. The van der Waals surface area contributed by atoms with Gasteiger partial charge in [-0.05, 0) is 39.2 Å². The molecule has 1 fully saturated rings. The molecule has 2 aromatic rings. The summed E-state index contributed by atoms with van der Waals surface area (Å²) < 4.78 is 18.7. The predicted molar refractivity (Wildman–Crippen MR) is 92.2 cm³/mol. The highest BCUT2D eigenvalue weighted by Gasteiger charge is 2.51. The van der Waals surface area contributed by atoms with E-state index in [0.29, 0.717) is 5.69 Å². The maximum atomic E-state index is 11.6. The second-order valence-electron chi connectivity index (χ2n) is 7.19. The lowest BCUT2D eigenvalue weighted by molar-refractivity contribution is -0.139. The van der Waals surface area contributed by atoms with Crippen LogP contribution in [-0.4, -0.2) is 41.2 Å². The monoisotopic (exact) mass is 330 g/mol. The van der Waals surface area contributed by atoms with E-state index in [9.17, 15) is 4.79 Å². The molecule has 0 N–H and O–H groups in total. The molecule has 1 saturated heterocycles. The second-order valence-corrected chi connectivity index (χ2v) is 7.19. The van der Waals surface area contributed by atoms with Crippen molar-refractivity contribution in [2.24, 2.45) is 7.05 Å². The lowest BCUT2D eigenvalue weighted by Gasteiger charge is -2.32. The first-order valence-corrected chi connectivity index (χ1v) is 8.02. The molecule has 2 heterocycles. The summed E-state index contributed by atoms with van der Waals surface area (Å²) in [5.74, 6) is -0.309. The Bertz CT molecular complexity index is 781. The minimum atomic E-state index is -0.439. The van der Waals surface area contributed by atoms with Gasteiger partial charge < -0.3 is 14.0 Å². The Hall–Kier alpha value is -1.86. The topological polar surface area (TPSA) is 62.6 Å². The largest absolute Gasteiger partial charge is 0.494 e. The number of ether oxygens (including phenoxy) is 1. The number of carbonyl (C=O) groups is 1. The molecule has 24 heavy (non-hydrogen) atoms. The van der Waals surface area contributed by atoms with E-state index in [0.717, 1.165) is 16.4 Å². The van der Waals surface area contributed by atoms with Crippen LogP contribution >= 0.6 is 0 Å². The van der Waals surface area contributed by atoms with Gasteiger partial charge in [0.1, 0.15) is 0 Å². The number of fused-ring (bicyclic) bond motifs is 1. The van der Waals surface area contributed by atoms with Gasteiger partial charge in [-0.15, -0.1) is 0 Å². The molecule has 0 bridgehead atoms. The average molecular weight is 330 g/mol. The van der Waals surface area contributed by atoms with Gasteiger partial charge in [-0.2, -0.15) is 5.10 Å². The van der Waals surface area contributed by atoms with E-state index in [1.807, 2.05) is 52.9 Å². The molecule has 1 aliphatic rings. The SMILES string of the molecule is COC(=O)Cc1nn(C)c2ccc(B3OC(C)(C)C(C)(C)O3)cc12. The van der Waals surface area contributed by atoms with Crippen LogP contribution in [0.25, 0.3) is 10.9 Å². The minimum Gasteiger partial charge on any atom is -0.469 e. The van der Waals surface area contributed by atoms with Gasteiger partial charge >= 0.3 is 13.1 Å². The van der Waals surface area contributed by atoms with E-state index in [2.05, 4.69) is 5.10 Å². The molecule has 0 amide bonds. The first-order valence-electron chi connectivity index (χ1n) is 8.02. The zero-order valence-corrected chi connectivity index (χ0v) is 15.0. The van der Waals surface area contributed by atoms with Gasteiger partial charge in [-0.1, -0.05) is 12.1 Å². The van der Waals surface area contributed by atoms with E-state index in [1.165, 1.54) is 7.11 Å². The van der Waals surface area contributed by atoms with Gasteiger partial charge in [0.25, 0.3) is 0 Å². The van der Waals surface area contributed by atoms with Crippen LogP contribution in [0.1, 0.15) is 33.4 Å². The normalized spacial score (nSPS) is 19.0. The van der Waals surface area contributed by atoms with Crippen molar-refractivity contribution in [1.29, 1.82) is 0 Å². The van der Waals surface area contributed by atoms with E-state index >= 15 is 0 Å². The molecule has 3 rings (SSSR count). The fraction of sp³-hybridized carbons (Fsp3) is 0.529. The Labute approximate surface area is 142 Å². The predicted octanol–water partition coefficient (Wildman–Crippen LogP) is 1.59. The Kier molecular flexibility index (Phi) is 3.96. The van der Waals surface area contributed by atoms with Crippen LogP contribution in [0.15, 0.2) is 18.2 Å². The summed E-state index contributed by atoms with van der Waals surface area (Å²) in [5.41, 5.74) is 1.78. The molecule has 0 saturated carbocycles. The van der Waals surface area contributed by atoms with Crippen LogP contribution in [0.3, 0.4) is 0 Å². The van der Waals surface area contributed by atoms with E-state index in [-0.39, 0.29) is 12.4 Å². The Morgan fingerprint density at radius 3 is 2.46 bits per heavy atom. The third-order valence-corrected chi connectivity index (χ3v) is 5.02. The van der Waals surface area contributed by atoms with Crippen LogP contribution in [0.5, 0.6) is 0 Å². The highest BCUT2D eigenvalue weighted by atomic mass is 16.7. The fourth-order valence-corrected chi connectivity index (χ4v) is 2.82. The molecule has 1 aliphatic heterocycles. The highest BCUT2D eigenvalue weighted by molar-refractivity contribution is 6.62. The summed E-state index contributed by atoms with van der Waals surface area (Å²) >= 11 is 0.